The molecule has 1 atom stereocenters. The molecule has 0 aromatic carbocycles. The molecule has 0 aliphatic heterocycles. The molecule has 0 saturated heterocycles. The van der Waals surface area contributed by atoms with Crippen LogP contribution in [-0.4, -0.2) is 23.5 Å². The van der Waals surface area contributed by atoms with Crippen molar-refractivity contribution in [1.29, 1.82) is 0 Å². The molecule has 1 aromatic heterocycles. The summed E-state index contributed by atoms with van der Waals surface area (Å²) in [6, 6.07) is 3.71. The van der Waals surface area contributed by atoms with Gasteiger partial charge >= 0.3 is 0 Å². The van der Waals surface area contributed by atoms with Crippen LogP contribution in [0, 0.1) is 5.41 Å². The van der Waals surface area contributed by atoms with Crippen molar-refractivity contribution in [3.05, 3.63) is 22.8 Å². The fourth-order valence-corrected chi connectivity index (χ4v) is 2.96. The van der Waals surface area contributed by atoms with Gasteiger partial charge < -0.3 is 10.6 Å². The topological polar surface area (TPSA) is 54.0 Å². The minimum atomic E-state index is -0.180. The van der Waals surface area contributed by atoms with Crippen LogP contribution >= 0.6 is 11.6 Å². The molecule has 1 heterocycles. The third kappa shape index (κ3) is 3.88. The molecule has 4 nitrogen and oxygen atoms in total. The number of aromatic nitrogens is 1. The molecular weight excluding hydrogens is 286 g/mol. The predicted molar refractivity (Wildman–Crippen MR) is 86.9 cm³/mol. The largest absolute Gasteiger partial charge is 0.370 e. The summed E-state index contributed by atoms with van der Waals surface area (Å²) in [5.41, 5.74) is 0.445. The van der Waals surface area contributed by atoms with Gasteiger partial charge in [-0.25, -0.2) is 4.98 Å². The lowest BCUT2D eigenvalue weighted by Gasteiger charge is -2.27. The van der Waals surface area contributed by atoms with E-state index in [1.165, 1.54) is 0 Å². The lowest BCUT2D eigenvalue weighted by molar-refractivity contribution is 0.0905. The van der Waals surface area contributed by atoms with E-state index in [-0.39, 0.29) is 17.4 Å². The Morgan fingerprint density at radius 2 is 2.24 bits per heavy atom. The Balaban J connectivity index is 2.11. The first-order valence-corrected chi connectivity index (χ1v) is 8.03. The average molecular weight is 310 g/mol. The molecule has 1 aromatic rings. The van der Waals surface area contributed by atoms with E-state index in [1.807, 2.05) is 0 Å². The highest BCUT2D eigenvalue weighted by atomic mass is 35.5. The fraction of sp³-hybridized carbons (Fsp3) is 0.625. The number of nitrogens with one attached hydrogen (secondary N) is 2. The van der Waals surface area contributed by atoms with Crippen molar-refractivity contribution in [3.63, 3.8) is 0 Å². The standard InChI is InChI=1S/C16H24ClN3O/c1-4-10-18-13-8-7-11(17)14(20-13)15(21)19-12-6-5-9-16(12,2)3/h7-8,12H,4-6,9-10H2,1-3H3,(H,18,20)(H,19,21). The van der Waals surface area contributed by atoms with Crippen molar-refractivity contribution in [2.75, 3.05) is 11.9 Å². The Kier molecular flexibility index (Phi) is 5.09. The van der Waals surface area contributed by atoms with Crippen molar-refractivity contribution in [2.45, 2.75) is 52.5 Å². The maximum absolute atomic E-state index is 12.4. The van der Waals surface area contributed by atoms with Crippen molar-refractivity contribution in [3.8, 4) is 0 Å². The lowest BCUT2D eigenvalue weighted by Crippen LogP contribution is -2.41. The molecule has 1 unspecified atom stereocenters. The molecule has 1 amide bonds. The summed E-state index contributed by atoms with van der Waals surface area (Å²) in [6.07, 6.45) is 4.31. The van der Waals surface area contributed by atoms with Gasteiger partial charge in [-0.1, -0.05) is 38.8 Å². The number of rotatable bonds is 5. The van der Waals surface area contributed by atoms with Crippen LogP contribution in [0.1, 0.15) is 56.9 Å². The first kappa shape index (κ1) is 16.1. The van der Waals surface area contributed by atoms with E-state index in [0.717, 1.165) is 32.2 Å². The summed E-state index contributed by atoms with van der Waals surface area (Å²) < 4.78 is 0. The van der Waals surface area contributed by atoms with Gasteiger partial charge in [-0.2, -0.15) is 0 Å². The molecule has 1 saturated carbocycles. The van der Waals surface area contributed by atoms with Crippen LogP contribution in [0.15, 0.2) is 12.1 Å². The van der Waals surface area contributed by atoms with E-state index >= 15 is 0 Å². The van der Waals surface area contributed by atoms with Crippen LogP contribution in [-0.2, 0) is 0 Å². The number of amides is 1. The van der Waals surface area contributed by atoms with Gasteiger partial charge in [-0.15, -0.1) is 0 Å². The number of carbonyl (C=O) groups is 1. The molecule has 1 fully saturated rings. The van der Waals surface area contributed by atoms with E-state index in [1.54, 1.807) is 12.1 Å². The molecule has 0 bridgehead atoms. The second-order valence-corrected chi connectivity index (χ2v) is 6.77. The normalized spacial score (nSPS) is 20.3. The first-order valence-electron chi connectivity index (χ1n) is 7.65. The van der Waals surface area contributed by atoms with Crippen molar-refractivity contribution < 1.29 is 4.79 Å². The second-order valence-electron chi connectivity index (χ2n) is 6.36. The summed E-state index contributed by atoms with van der Waals surface area (Å²) in [4.78, 5) is 16.8. The highest BCUT2D eigenvalue weighted by Crippen LogP contribution is 2.37. The zero-order valence-electron chi connectivity index (χ0n) is 13.0. The number of hydrogen-bond acceptors (Lipinski definition) is 3. The Bertz CT molecular complexity index is 516. The summed E-state index contributed by atoms with van der Waals surface area (Å²) >= 11 is 6.13. The molecule has 21 heavy (non-hydrogen) atoms. The average Bonchev–Trinajstić information content (AvgIpc) is 2.77. The molecule has 1 aliphatic rings. The third-order valence-electron chi connectivity index (χ3n) is 4.18. The summed E-state index contributed by atoms with van der Waals surface area (Å²) in [5, 5.41) is 6.67. The van der Waals surface area contributed by atoms with E-state index in [4.69, 9.17) is 11.6 Å². The first-order chi connectivity index (χ1) is 9.94. The van der Waals surface area contributed by atoms with Crippen LogP contribution in [0.25, 0.3) is 0 Å². The van der Waals surface area contributed by atoms with Crippen molar-refractivity contribution >= 4 is 23.3 Å². The summed E-state index contributed by atoms with van der Waals surface area (Å²) in [7, 11) is 0. The van der Waals surface area contributed by atoms with E-state index in [9.17, 15) is 4.79 Å². The molecule has 2 rings (SSSR count). The van der Waals surface area contributed by atoms with Gasteiger partial charge in [0.15, 0.2) is 0 Å². The number of pyridine rings is 1. The van der Waals surface area contributed by atoms with Gasteiger partial charge in [0.25, 0.3) is 5.91 Å². The highest BCUT2D eigenvalue weighted by molar-refractivity contribution is 6.33. The SMILES string of the molecule is CCCNc1ccc(Cl)c(C(=O)NC2CCCC2(C)C)n1. The van der Waals surface area contributed by atoms with Crippen LogP contribution in [0.3, 0.4) is 0 Å². The lowest BCUT2D eigenvalue weighted by atomic mass is 9.87. The van der Waals surface area contributed by atoms with Crippen LogP contribution in [0.5, 0.6) is 0 Å². The number of anilines is 1. The van der Waals surface area contributed by atoms with Crippen LogP contribution < -0.4 is 10.6 Å². The van der Waals surface area contributed by atoms with Gasteiger partial charge in [-0.3, -0.25) is 4.79 Å². The Labute approximate surface area is 131 Å². The zero-order valence-corrected chi connectivity index (χ0v) is 13.8. The van der Waals surface area contributed by atoms with Crippen molar-refractivity contribution in [1.82, 2.24) is 10.3 Å². The van der Waals surface area contributed by atoms with Gasteiger partial charge in [0.1, 0.15) is 11.5 Å². The van der Waals surface area contributed by atoms with Gasteiger partial charge in [0, 0.05) is 12.6 Å². The maximum atomic E-state index is 12.4. The number of carbonyl (C=O) groups excluding carboxylic acids is 1. The Morgan fingerprint density at radius 3 is 2.86 bits per heavy atom. The second kappa shape index (κ2) is 6.65. The number of hydrogen-bond donors (Lipinski definition) is 2. The van der Waals surface area contributed by atoms with Crippen molar-refractivity contribution in [2.24, 2.45) is 5.41 Å². The fourth-order valence-electron chi connectivity index (χ4n) is 2.77. The van der Waals surface area contributed by atoms with E-state index in [2.05, 4.69) is 36.4 Å². The van der Waals surface area contributed by atoms with Crippen LogP contribution in [0.4, 0.5) is 5.82 Å². The molecule has 0 radical (unpaired) electrons. The highest BCUT2D eigenvalue weighted by Gasteiger charge is 2.35. The smallest absolute Gasteiger partial charge is 0.271 e. The van der Waals surface area contributed by atoms with E-state index < -0.39 is 0 Å². The van der Waals surface area contributed by atoms with Gasteiger partial charge in [-0.05, 0) is 36.8 Å². The summed E-state index contributed by atoms with van der Waals surface area (Å²) in [6.45, 7) is 7.29. The molecular formula is C16H24ClN3O. The Hall–Kier alpha value is -1.29. The van der Waals surface area contributed by atoms with Gasteiger partial charge in [0.2, 0.25) is 0 Å². The third-order valence-corrected chi connectivity index (χ3v) is 4.48. The van der Waals surface area contributed by atoms with E-state index in [0.29, 0.717) is 16.5 Å². The minimum absolute atomic E-state index is 0.139. The number of halogens is 1. The number of nitrogens with zero attached hydrogens (tertiary/aromatic N) is 1. The molecule has 1 aliphatic carbocycles. The molecule has 2 N–H and O–H groups in total. The molecule has 0 spiro atoms. The quantitative estimate of drug-likeness (QED) is 0.868. The zero-order chi connectivity index (χ0) is 15.5. The van der Waals surface area contributed by atoms with Crippen LogP contribution in [0.2, 0.25) is 5.02 Å². The Morgan fingerprint density at radius 1 is 1.48 bits per heavy atom. The predicted octanol–water partition coefficient (Wildman–Crippen LogP) is 3.87. The molecule has 5 heteroatoms. The van der Waals surface area contributed by atoms with Gasteiger partial charge in [0.05, 0.1) is 5.02 Å². The monoisotopic (exact) mass is 309 g/mol. The maximum Gasteiger partial charge on any atom is 0.271 e. The molecule has 116 valence electrons. The minimum Gasteiger partial charge on any atom is -0.370 e. The summed E-state index contributed by atoms with van der Waals surface area (Å²) in [5.74, 6) is 0.511.